The zero-order valence-electron chi connectivity index (χ0n) is 6.62. The average Bonchev–Trinajstić information content (AvgIpc) is 1.97. The molecule has 0 aliphatic heterocycles. The van der Waals surface area contributed by atoms with Crippen LogP contribution in [0.3, 0.4) is 0 Å². The second-order valence-corrected chi connectivity index (χ2v) is 2.38. The molecule has 0 bridgehead atoms. The highest BCUT2D eigenvalue weighted by Gasteiger charge is 2.09. The Hall–Kier alpha value is -1.30. The number of carboxylic acids is 1. The van der Waals surface area contributed by atoms with E-state index in [4.69, 9.17) is 16.6 Å². The number of rotatable bonds is 5. The van der Waals surface area contributed by atoms with Gasteiger partial charge in [-0.05, 0) is 12.8 Å². The van der Waals surface area contributed by atoms with Crippen molar-refractivity contribution in [3.05, 3.63) is 0 Å². The van der Waals surface area contributed by atoms with Crippen molar-refractivity contribution in [2.24, 2.45) is 11.5 Å². The number of amides is 2. The number of carboxylic acid groups (broad SMARTS) is 1. The largest absolute Gasteiger partial charge is 0.480 e. The minimum absolute atomic E-state index is 0.329. The highest BCUT2D eigenvalue weighted by molar-refractivity contribution is 5.73. The van der Waals surface area contributed by atoms with Crippen LogP contribution in [-0.2, 0) is 4.79 Å². The quantitative estimate of drug-likeness (QED) is 0.312. The Morgan fingerprint density at radius 1 is 1.50 bits per heavy atom. The van der Waals surface area contributed by atoms with E-state index in [-0.39, 0.29) is 0 Å². The molecule has 0 spiro atoms. The van der Waals surface area contributed by atoms with Gasteiger partial charge in [0.15, 0.2) is 0 Å². The molecule has 0 aromatic carbocycles. The van der Waals surface area contributed by atoms with Gasteiger partial charge in [0.2, 0.25) is 0 Å². The molecular formula is C6H13N3O3. The Balaban J connectivity index is 3.31. The summed E-state index contributed by atoms with van der Waals surface area (Å²) in [6.07, 6.45) is 0.839. The second-order valence-electron chi connectivity index (χ2n) is 2.38. The monoisotopic (exact) mass is 176 g/mol. The lowest BCUT2D eigenvalue weighted by Gasteiger charge is -2.05. The van der Waals surface area contributed by atoms with E-state index in [0.717, 1.165) is 0 Å². The molecule has 0 radical (unpaired) electrons. The number of nitrogens with one attached hydrogen (secondary N) is 1. The van der Waals surface area contributed by atoms with E-state index in [1.54, 1.807) is 0 Å². The topological polar surface area (TPSA) is 118 Å². The predicted molar refractivity (Wildman–Crippen MR) is 42.4 cm³/mol. The van der Waals surface area contributed by atoms with Gasteiger partial charge in [-0.25, -0.2) is 4.79 Å². The van der Waals surface area contributed by atoms with Crippen LogP contribution in [0.2, 0.25) is 0 Å². The van der Waals surface area contributed by atoms with E-state index in [1.807, 2.05) is 0 Å². The van der Waals surface area contributed by atoms with E-state index >= 15 is 0 Å². The molecule has 0 unspecified atom stereocenters. The Bertz CT molecular complexity index is 171. The van der Waals surface area contributed by atoms with Crippen molar-refractivity contribution in [3.63, 3.8) is 0 Å². The summed E-state index contributed by atoms with van der Waals surface area (Å²) in [5, 5.41) is 10.7. The number of aliphatic carboxylic acids is 1. The lowest BCUT2D eigenvalue weighted by atomic mass is 10.2. The van der Waals surface area contributed by atoms with Crippen molar-refractivity contribution < 1.29 is 14.7 Å². The molecule has 6 nitrogen and oxygen atoms in total. The number of primary amides is 1. The third-order valence-corrected chi connectivity index (χ3v) is 1.31. The first-order chi connectivity index (χ1) is 5.54. The summed E-state index contributed by atoms with van der Waals surface area (Å²) in [6, 6.07) is -1.47. The summed E-state index contributed by atoms with van der Waals surface area (Å²) < 4.78 is 0. The number of hydrogen-bond acceptors (Lipinski definition) is 3. The fourth-order valence-corrected chi connectivity index (χ4v) is 0.657. The summed E-state index contributed by atoms with van der Waals surface area (Å²) in [4.78, 5) is 20.3. The molecule has 0 fully saturated rings. The lowest BCUT2D eigenvalue weighted by Crippen LogP contribution is -2.33. The number of carbonyl (C=O) groups excluding carboxylic acids is 1. The van der Waals surface area contributed by atoms with Gasteiger partial charge in [-0.3, -0.25) is 4.79 Å². The van der Waals surface area contributed by atoms with Crippen molar-refractivity contribution in [1.29, 1.82) is 0 Å². The van der Waals surface area contributed by atoms with Gasteiger partial charge in [-0.2, -0.15) is 0 Å². The molecular weight excluding hydrogens is 163 g/mol. The number of nitrogens with two attached hydrogens (primary N) is 2. The first-order valence-electron chi connectivity index (χ1n) is 3.55. The molecule has 0 aromatic rings. The van der Waals surface area contributed by atoms with E-state index in [0.29, 0.717) is 19.4 Å². The first kappa shape index (κ1) is 10.7. The van der Waals surface area contributed by atoms with Crippen LogP contribution in [0.5, 0.6) is 0 Å². The standard InChI is InChI=1S/C6H13N3O3/c7-4(5(10)11)2-1-3-9-6(8)12/h4H,1-3,7H2,(H,10,11)(H3,8,9,12)/t4-/m0/s1/i8+1. The van der Waals surface area contributed by atoms with Gasteiger partial charge in [-0.1, -0.05) is 0 Å². The van der Waals surface area contributed by atoms with Gasteiger partial charge in [-0.15, -0.1) is 0 Å². The molecule has 6 N–H and O–H groups in total. The molecule has 2 amide bonds. The fourth-order valence-electron chi connectivity index (χ4n) is 0.657. The van der Waals surface area contributed by atoms with Gasteiger partial charge < -0.3 is 21.9 Å². The van der Waals surface area contributed by atoms with Crippen LogP contribution in [0.4, 0.5) is 4.79 Å². The smallest absolute Gasteiger partial charge is 0.320 e. The first-order valence-corrected chi connectivity index (χ1v) is 3.55. The van der Waals surface area contributed by atoms with E-state index in [2.05, 4.69) is 5.32 Å². The van der Waals surface area contributed by atoms with Crippen molar-refractivity contribution >= 4 is 12.0 Å². The maximum atomic E-state index is 10.2. The van der Waals surface area contributed by atoms with Gasteiger partial charge >= 0.3 is 12.0 Å². The molecule has 1 atom stereocenters. The number of carbonyl (C=O) groups is 2. The molecule has 0 heterocycles. The molecule has 0 rings (SSSR count). The van der Waals surface area contributed by atoms with Crippen LogP contribution in [0, 0.1) is 0 Å². The summed E-state index contributed by atoms with van der Waals surface area (Å²) in [6.45, 7) is 0.357. The number of urea groups is 1. The van der Waals surface area contributed by atoms with Gasteiger partial charge in [0.05, 0.1) is 0 Å². The summed E-state index contributed by atoms with van der Waals surface area (Å²) in [5.41, 5.74) is 9.96. The van der Waals surface area contributed by atoms with E-state index in [1.165, 1.54) is 0 Å². The third kappa shape index (κ3) is 5.48. The second kappa shape index (κ2) is 5.36. The van der Waals surface area contributed by atoms with Crippen molar-refractivity contribution in [2.45, 2.75) is 18.9 Å². The van der Waals surface area contributed by atoms with Crippen LogP contribution < -0.4 is 16.8 Å². The minimum atomic E-state index is -1.03. The maximum Gasteiger partial charge on any atom is 0.320 e. The van der Waals surface area contributed by atoms with E-state index < -0.39 is 18.0 Å². The van der Waals surface area contributed by atoms with Crippen LogP contribution in [-0.4, -0.2) is 29.7 Å². The van der Waals surface area contributed by atoms with E-state index in [9.17, 15) is 9.59 Å². The van der Waals surface area contributed by atoms with Crippen LogP contribution in [0.15, 0.2) is 0 Å². The molecule has 0 saturated heterocycles. The molecule has 0 aromatic heterocycles. The molecule has 70 valence electrons. The van der Waals surface area contributed by atoms with Gasteiger partial charge in [0.1, 0.15) is 6.04 Å². The highest BCUT2D eigenvalue weighted by atomic mass is 16.4. The Labute approximate surface area is 69.9 Å². The average molecular weight is 176 g/mol. The van der Waals surface area contributed by atoms with Crippen LogP contribution in [0.1, 0.15) is 12.8 Å². The molecule has 0 aliphatic rings. The highest BCUT2D eigenvalue weighted by Crippen LogP contribution is 1.92. The van der Waals surface area contributed by atoms with Crippen molar-refractivity contribution in [3.8, 4) is 0 Å². The van der Waals surface area contributed by atoms with Gasteiger partial charge in [0.25, 0.3) is 0 Å². The minimum Gasteiger partial charge on any atom is -0.480 e. The summed E-state index contributed by atoms with van der Waals surface area (Å²) in [7, 11) is 0. The number of hydrogen-bond donors (Lipinski definition) is 4. The predicted octanol–water partition coefficient (Wildman–Crippen LogP) is -1.15. The molecule has 6 heteroatoms. The normalized spacial score (nSPS) is 12.1. The Morgan fingerprint density at radius 2 is 2.08 bits per heavy atom. The van der Waals surface area contributed by atoms with Crippen LogP contribution in [0.25, 0.3) is 0 Å². The maximum absolute atomic E-state index is 10.2. The molecule has 0 aliphatic carbocycles. The fraction of sp³-hybridized carbons (Fsp3) is 0.667. The zero-order valence-corrected chi connectivity index (χ0v) is 6.62. The van der Waals surface area contributed by atoms with Crippen molar-refractivity contribution in [1.82, 2.24) is 5.32 Å². The van der Waals surface area contributed by atoms with Gasteiger partial charge in [0, 0.05) is 6.54 Å². The third-order valence-electron chi connectivity index (χ3n) is 1.31. The lowest BCUT2D eigenvalue weighted by molar-refractivity contribution is -0.138. The Kier molecular flexibility index (Phi) is 4.78. The summed E-state index contributed by atoms with van der Waals surface area (Å²) in [5.74, 6) is -1.03. The SMILES string of the molecule is N[C@@H](CCCNC([15NH2])=O)C(=O)O. The Morgan fingerprint density at radius 3 is 2.50 bits per heavy atom. The molecule has 12 heavy (non-hydrogen) atoms. The van der Waals surface area contributed by atoms with Crippen LogP contribution >= 0.6 is 0 Å². The zero-order chi connectivity index (χ0) is 9.56. The summed E-state index contributed by atoms with van der Waals surface area (Å²) >= 11 is 0. The molecule has 0 saturated carbocycles. The van der Waals surface area contributed by atoms with Crippen molar-refractivity contribution in [2.75, 3.05) is 6.54 Å².